The number of nitrogens with one attached hydrogen (secondary N) is 2. The Labute approximate surface area is 172 Å². The second kappa shape index (κ2) is 12.1. The minimum Gasteiger partial charge on any atom is -0.356 e. The molecule has 0 bridgehead atoms. The smallest absolute Gasteiger partial charge is 0.191 e. The number of hydrogen-bond acceptors (Lipinski definition) is 3. The van der Waals surface area contributed by atoms with Crippen LogP contribution >= 0.6 is 0 Å². The molecule has 0 aliphatic carbocycles. The first-order chi connectivity index (χ1) is 13.5. The van der Waals surface area contributed by atoms with E-state index in [1.165, 1.54) is 38.0 Å². The van der Waals surface area contributed by atoms with Crippen molar-refractivity contribution < 1.29 is 0 Å². The van der Waals surface area contributed by atoms with Crippen LogP contribution in [0.4, 0.5) is 0 Å². The summed E-state index contributed by atoms with van der Waals surface area (Å²) in [7, 11) is 4.07. The minimum atomic E-state index is 0.519. The lowest BCUT2D eigenvalue weighted by molar-refractivity contribution is 0.186. The highest BCUT2D eigenvalue weighted by Gasteiger charge is 2.20. The SMILES string of the molecule is CN=C(NCCC(C)N(C)Cc1ccccc1)NC1CCN(CC(C)C)CC1. The number of likely N-dealkylation sites (tertiary alicyclic amines) is 1. The normalized spacial score (nSPS) is 17.9. The van der Waals surface area contributed by atoms with Gasteiger partial charge in [0, 0.05) is 51.9 Å². The Morgan fingerprint density at radius 1 is 1.18 bits per heavy atom. The maximum absolute atomic E-state index is 4.43. The summed E-state index contributed by atoms with van der Waals surface area (Å²) in [6, 6.07) is 11.7. The van der Waals surface area contributed by atoms with Crippen LogP contribution in [-0.2, 0) is 6.54 Å². The Hall–Kier alpha value is -1.59. The van der Waals surface area contributed by atoms with Gasteiger partial charge in [0.1, 0.15) is 0 Å². The summed E-state index contributed by atoms with van der Waals surface area (Å²) in [4.78, 5) is 9.43. The number of piperidine rings is 1. The third kappa shape index (κ3) is 8.19. The van der Waals surface area contributed by atoms with Gasteiger partial charge >= 0.3 is 0 Å². The first kappa shape index (κ1) is 22.7. The average Bonchev–Trinajstić information content (AvgIpc) is 2.68. The van der Waals surface area contributed by atoms with Crippen LogP contribution in [0.25, 0.3) is 0 Å². The van der Waals surface area contributed by atoms with E-state index in [1.54, 1.807) is 0 Å². The van der Waals surface area contributed by atoms with Gasteiger partial charge in [-0.2, -0.15) is 0 Å². The van der Waals surface area contributed by atoms with Gasteiger partial charge in [-0.1, -0.05) is 44.2 Å². The molecule has 5 nitrogen and oxygen atoms in total. The summed E-state index contributed by atoms with van der Waals surface area (Å²) in [6.07, 6.45) is 3.49. The standard InChI is InChI=1S/C23H41N5/c1-19(2)17-28-15-12-22(13-16-28)26-23(24-4)25-14-11-20(3)27(5)18-21-9-7-6-8-10-21/h6-10,19-20,22H,11-18H2,1-5H3,(H2,24,25,26). The number of hydrogen-bond donors (Lipinski definition) is 2. The van der Waals surface area contributed by atoms with E-state index in [4.69, 9.17) is 0 Å². The number of guanidine groups is 1. The molecular formula is C23H41N5. The maximum Gasteiger partial charge on any atom is 0.191 e. The highest BCUT2D eigenvalue weighted by Crippen LogP contribution is 2.12. The zero-order valence-corrected chi connectivity index (χ0v) is 18.6. The van der Waals surface area contributed by atoms with E-state index in [-0.39, 0.29) is 0 Å². The van der Waals surface area contributed by atoms with Crippen molar-refractivity contribution >= 4 is 5.96 Å². The van der Waals surface area contributed by atoms with Gasteiger partial charge in [0.2, 0.25) is 0 Å². The van der Waals surface area contributed by atoms with Gasteiger partial charge in [-0.3, -0.25) is 9.89 Å². The average molecular weight is 388 g/mol. The van der Waals surface area contributed by atoms with E-state index < -0.39 is 0 Å². The van der Waals surface area contributed by atoms with E-state index in [0.29, 0.717) is 12.1 Å². The summed E-state index contributed by atoms with van der Waals surface area (Å²) in [5.74, 6) is 1.70. The van der Waals surface area contributed by atoms with E-state index in [9.17, 15) is 0 Å². The fraction of sp³-hybridized carbons (Fsp3) is 0.696. The fourth-order valence-electron chi connectivity index (χ4n) is 3.81. The van der Waals surface area contributed by atoms with Crippen molar-refractivity contribution in [3.05, 3.63) is 35.9 Å². The van der Waals surface area contributed by atoms with E-state index in [0.717, 1.165) is 31.4 Å². The quantitative estimate of drug-likeness (QED) is 0.504. The van der Waals surface area contributed by atoms with Gasteiger partial charge in [-0.25, -0.2) is 0 Å². The van der Waals surface area contributed by atoms with Crippen molar-refractivity contribution in [2.75, 3.05) is 40.3 Å². The summed E-state index contributed by atoms with van der Waals surface area (Å²) < 4.78 is 0. The molecule has 5 heteroatoms. The molecule has 1 saturated heterocycles. The minimum absolute atomic E-state index is 0.519. The third-order valence-electron chi connectivity index (χ3n) is 5.66. The molecule has 2 rings (SSSR count). The molecule has 1 aromatic rings. The highest BCUT2D eigenvalue weighted by molar-refractivity contribution is 5.79. The second-order valence-electron chi connectivity index (χ2n) is 8.65. The molecular weight excluding hydrogens is 346 g/mol. The van der Waals surface area contributed by atoms with Crippen molar-refractivity contribution in [1.82, 2.24) is 20.4 Å². The number of benzene rings is 1. The van der Waals surface area contributed by atoms with Crippen molar-refractivity contribution in [2.45, 2.75) is 58.7 Å². The van der Waals surface area contributed by atoms with Crippen LogP contribution in [0.3, 0.4) is 0 Å². The molecule has 1 aliphatic heterocycles. The van der Waals surface area contributed by atoms with Crippen LogP contribution in [0.1, 0.15) is 45.6 Å². The third-order valence-corrected chi connectivity index (χ3v) is 5.66. The van der Waals surface area contributed by atoms with Crippen LogP contribution in [0, 0.1) is 5.92 Å². The van der Waals surface area contributed by atoms with Gasteiger partial charge in [0.05, 0.1) is 0 Å². The lowest BCUT2D eigenvalue weighted by atomic mass is 10.0. The fourth-order valence-corrected chi connectivity index (χ4v) is 3.81. The molecule has 0 spiro atoms. The lowest BCUT2D eigenvalue weighted by Crippen LogP contribution is -2.49. The Morgan fingerprint density at radius 3 is 2.46 bits per heavy atom. The van der Waals surface area contributed by atoms with Gasteiger partial charge in [0.15, 0.2) is 5.96 Å². The van der Waals surface area contributed by atoms with Gasteiger partial charge in [0.25, 0.3) is 0 Å². The summed E-state index contributed by atoms with van der Waals surface area (Å²) in [5, 5.41) is 7.13. The first-order valence-corrected chi connectivity index (χ1v) is 10.9. The van der Waals surface area contributed by atoms with Crippen LogP contribution in [0.5, 0.6) is 0 Å². The zero-order valence-electron chi connectivity index (χ0n) is 18.6. The van der Waals surface area contributed by atoms with Crippen molar-refractivity contribution in [1.29, 1.82) is 0 Å². The maximum atomic E-state index is 4.43. The van der Waals surface area contributed by atoms with Crippen LogP contribution < -0.4 is 10.6 Å². The molecule has 0 amide bonds. The molecule has 1 atom stereocenters. The molecule has 1 fully saturated rings. The molecule has 0 radical (unpaired) electrons. The predicted molar refractivity (Wildman–Crippen MR) is 121 cm³/mol. The van der Waals surface area contributed by atoms with E-state index in [1.807, 2.05) is 7.05 Å². The Bertz CT molecular complexity index is 564. The Balaban J connectivity index is 1.65. The molecule has 158 valence electrons. The molecule has 1 heterocycles. The molecule has 1 aromatic carbocycles. The lowest BCUT2D eigenvalue weighted by Gasteiger charge is -2.34. The number of nitrogens with zero attached hydrogens (tertiary/aromatic N) is 3. The zero-order chi connectivity index (χ0) is 20.4. The van der Waals surface area contributed by atoms with Gasteiger partial charge < -0.3 is 15.5 Å². The van der Waals surface area contributed by atoms with Gasteiger partial charge in [-0.05, 0) is 44.7 Å². The van der Waals surface area contributed by atoms with Crippen molar-refractivity contribution in [2.24, 2.45) is 10.9 Å². The van der Waals surface area contributed by atoms with Gasteiger partial charge in [-0.15, -0.1) is 0 Å². The first-order valence-electron chi connectivity index (χ1n) is 10.9. The second-order valence-corrected chi connectivity index (χ2v) is 8.65. The Morgan fingerprint density at radius 2 is 1.86 bits per heavy atom. The van der Waals surface area contributed by atoms with Crippen molar-refractivity contribution in [3.63, 3.8) is 0 Å². The van der Waals surface area contributed by atoms with Crippen LogP contribution in [0.15, 0.2) is 35.3 Å². The number of rotatable bonds is 9. The number of aliphatic imine (C=N–C) groups is 1. The van der Waals surface area contributed by atoms with Crippen LogP contribution in [-0.4, -0.2) is 68.1 Å². The summed E-state index contributed by atoms with van der Waals surface area (Å²) in [6.45, 7) is 12.4. The molecule has 1 aliphatic rings. The highest BCUT2D eigenvalue weighted by atomic mass is 15.2. The van der Waals surface area contributed by atoms with Crippen LogP contribution in [0.2, 0.25) is 0 Å². The Kier molecular flexibility index (Phi) is 9.79. The molecule has 0 saturated carbocycles. The molecule has 28 heavy (non-hydrogen) atoms. The van der Waals surface area contributed by atoms with E-state index in [2.05, 4.69) is 83.6 Å². The largest absolute Gasteiger partial charge is 0.356 e. The summed E-state index contributed by atoms with van der Waals surface area (Å²) in [5.41, 5.74) is 1.37. The molecule has 0 aromatic heterocycles. The molecule has 2 N–H and O–H groups in total. The molecule has 1 unspecified atom stereocenters. The van der Waals surface area contributed by atoms with Crippen molar-refractivity contribution in [3.8, 4) is 0 Å². The van der Waals surface area contributed by atoms with E-state index >= 15 is 0 Å². The predicted octanol–water partition coefficient (Wildman–Crippen LogP) is 3.18. The summed E-state index contributed by atoms with van der Waals surface area (Å²) >= 11 is 0. The topological polar surface area (TPSA) is 42.9 Å². The monoisotopic (exact) mass is 387 g/mol.